The summed E-state index contributed by atoms with van der Waals surface area (Å²) in [7, 11) is 2.28. The van der Waals surface area contributed by atoms with Crippen LogP contribution in [0.5, 0.6) is 0 Å². The van der Waals surface area contributed by atoms with E-state index in [-0.39, 0.29) is 5.41 Å². The van der Waals surface area contributed by atoms with E-state index in [4.69, 9.17) is 0 Å². The van der Waals surface area contributed by atoms with E-state index in [2.05, 4.69) is 86.5 Å². The maximum Gasteiger partial charge on any atom is 0.0344 e. The van der Waals surface area contributed by atoms with E-state index in [1.165, 1.54) is 17.5 Å². The van der Waals surface area contributed by atoms with Crippen molar-refractivity contribution in [2.45, 2.75) is 31.7 Å². The Morgan fingerprint density at radius 2 is 1.38 bits per heavy atom. The maximum absolute atomic E-state index is 2.55. The number of benzene rings is 2. The molecule has 0 radical (unpaired) electrons. The van der Waals surface area contributed by atoms with Crippen molar-refractivity contribution >= 4 is 0 Å². The van der Waals surface area contributed by atoms with Gasteiger partial charge in [0.25, 0.3) is 0 Å². The van der Waals surface area contributed by atoms with Crippen LogP contribution in [-0.2, 0) is 5.41 Å². The summed E-state index contributed by atoms with van der Waals surface area (Å²) in [4.78, 5) is 2.55. The molecule has 1 fully saturated rings. The maximum atomic E-state index is 2.55. The van der Waals surface area contributed by atoms with Crippen LogP contribution in [0.2, 0.25) is 0 Å². The summed E-state index contributed by atoms with van der Waals surface area (Å²) < 4.78 is 0. The molecule has 0 aromatic heterocycles. The van der Waals surface area contributed by atoms with E-state index in [9.17, 15) is 0 Å². The third-order valence-electron chi connectivity index (χ3n) is 5.07. The monoisotopic (exact) mass is 279 g/mol. The molecule has 2 aromatic carbocycles. The smallest absolute Gasteiger partial charge is 0.0344 e. The van der Waals surface area contributed by atoms with Crippen LogP contribution in [0.25, 0.3) is 0 Å². The fourth-order valence-electron chi connectivity index (χ4n) is 3.96. The lowest BCUT2D eigenvalue weighted by Gasteiger charge is -2.30. The molecule has 110 valence electrons. The molecule has 2 aromatic rings. The Hall–Kier alpha value is -1.60. The molecule has 1 saturated heterocycles. The molecule has 1 atom stereocenters. The average Bonchev–Trinajstić information content (AvgIpc) is 2.88. The molecule has 0 spiro atoms. The van der Waals surface area contributed by atoms with Crippen LogP contribution in [0.15, 0.2) is 60.7 Å². The molecule has 3 rings (SSSR count). The van der Waals surface area contributed by atoms with Gasteiger partial charge in [-0.1, -0.05) is 74.5 Å². The van der Waals surface area contributed by atoms with Crippen LogP contribution in [0.1, 0.15) is 31.4 Å². The highest BCUT2D eigenvalue weighted by Crippen LogP contribution is 2.44. The van der Waals surface area contributed by atoms with Crippen LogP contribution in [0.3, 0.4) is 0 Å². The van der Waals surface area contributed by atoms with Crippen LogP contribution in [0.4, 0.5) is 0 Å². The van der Waals surface area contributed by atoms with Crippen molar-refractivity contribution in [2.24, 2.45) is 5.92 Å². The first kappa shape index (κ1) is 14.3. The zero-order valence-corrected chi connectivity index (χ0v) is 13.3. The van der Waals surface area contributed by atoms with Crippen molar-refractivity contribution in [3.05, 3.63) is 71.8 Å². The topological polar surface area (TPSA) is 3.24 Å². The predicted molar refractivity (Wildman–Crippen MR) is 89.5 cm³/mol. The number of rotatable bonds is 3. The second-order valence-corrected chi connectivity index (χ2v) is 6.74. The van der Waals surface area contributed by atoms with Crippen molar-refractivity contribution in [2.75, 3.05) is 13.6 Å². The zero-order chi connectivity index (χ0) is 14.9. The minimum Gasteiger partial charge on any atom is -0.302 e. The first-order chi connectivity index (χ1) is 10.1. The SMILES string of the molecule is CC(C)C1CC(c2ccccc2)(c2ccccc2)CN1C. The van der Waals surface area contributed by atoms with Crippen LogP contribution in [0, 0.1) is 5.92 Å². The van der Waals surface area contributed by atoms with Crippen LogP contribution < -0.4 is 0 Å². The van der Waals surface area contributed by atoms with Gasteiger partial charge in [-0.25, -0.2) is 0 Å². The summed E-state index contributed by atoms with van der Waals surface area (Å²) >= 11 is 0. The molecule has 0 saturated carbocycles. The highest BCUT2D eigenvalue weighted by molar-refractivity contribution is 5.41. The molecule has 1 aliphatic heterocycles. The third-order valence-corrected chi connectivity index (χ3v) is 5.07. The van der Waals surface area contributed by atoms with Crippen molar-refractivity contribution in [1.29, 1.82) is 0 Å². The molecule has 1 unspecified atom stereocenters. The van der Waals surface area contributed by atoms with Gasteiger partial charge in [-0.3, -0.25) is 0 Å². The Labute approximate surface area is 128 Å². The minimum absolute atomic E-state index is 0.131. The highest BCUT2D eigenvalue weighted by Gasteiger charge is 2.45. The van der Waals surface area contributed by atoms with Gasteiger partial charge in [0.05, 0.1) is 0 Å². The Kier molecular flexibility index (Phi) is 3.86. The number of nitrogens with zero attached hydrogens (tertiary/aromatic N) is 1. The van der Waals surface area contributed by atoms with Crippen LogP contribution in [-0.4, -0.2) is 24.5 Å². The summed E-state index contributed by atoms with van der Waals surface area (Å²) in [6.07, 6.45) is 1.20. The lowest BCUT2D eigenvalue weighted by Crippen LogP contribution is -2.31. The lowest BCUT2D eigenvalue weighted by molar-refractivity contribution is 0.249. The van der Waals surface area contributed by atoms with Gasteiger partial charge < -0.3 is 4.90 Å². The zero-order valence-electron chi connectivity index (χ0n) is 13.3. The van der Waals surface area contributed by atoms with E-state index in [1.54, 1.807) is 0 Å². The summed E-state index contributed by atoms with van der Waals surface area (Å²) in [5, 5.41) is 0. The third kappa shape index (κ3) is 2.51. The molecule has 0 N–H and O–H groups in total. The molecule has 1 aliphatic rings. The minimum atomic E-state index is 0.131. The first-order valence-corrected chi connectivity index (χ1v) is 7.95. The Morgan fingerprint density at radius 3 is 1.76 bits per heavy atom. The second-order valence-electron chi connectivity index (χ2n) is 6.74. The summed E-state index contributed by atoms with van der Waals surface area (Å²) in [5.41, 5.74) is 3.03. The average molecular weight is 279 g/mol. The normalized spacial score (nSPS) is 21.8. The van der Waals surface area contributed by atoms with Gasteiger partial charge in [0.1, 0.15) is 0 Å². The van der Waals surface area contributed by atoms with Gasteiger partial charge in [-0.2, -0.15) is 0 Å². The van der Waals surface area contributed by atoms with Gasteiger partial charge in [0, 0.05) is 18.0 Å². The molecule has 0 aliphatic carbocycles. The number of hydrogen-bond acceptors (Lipinski definition) is 1. The van der Waals surface area contributed by atoms with E-state index < -0.39 is 0 Å². The van der Waals surface area contributed by atoms with E-state index in [0.717, 1.165) is 6.54 Å². The second kappa shape index (κ2) is 5.65. The Balaban J connectivity index is 2.10. The van der Waals surface area contributed by atoms with E-state index in [0.29, 0.717) is 12.0 Å². The van der Waals surface area contributed by atoms with Crippen molar-refractivity contribution < 1.29 is 0 Å². The number of likely N-dealkylation sites (tertiary alicyclic amines) is 1. The summed E-state index contributed by atoms with van der Waals surface area (Å²) in [6, 6.07) is 22.7. The Bertz CT molecular complexity index is 534. The molecule has 1 heterocycles. The summed E-state index contributed by atoms with van der Waals surface area (Å²) in [5.74, 6) is 0.685. The fraction of sp³-hybridized carbons (Fsp3) is 0.400. The Morgan fingerprint density at radius 1 is 0.905 bits per heavy atom. The predicted octanol–water partition coefficient (Wildman–Crippen LogP) is 4.33. The molecule has 21 heavy (non-hydrogen) atoms. The van der Waals surface area contributed by atoms with Gasteiger partial charge in [0.15, 0.2) is 0 Å². The molecule has 1 nitrogen and oxygen atoms in total. The first-order valence-electron chi connectivity index (χ1n) is 7.95. The van der Waals surface area contributed by atoms with Gasteiger partial charge >= 0.3 is 0 Å². The quantitative estimate of drug-likeness (QED) is 0.808. The number of hydrogen-bond donors (Lipinski definition) is 0. The molecule has 0 amide bonds. The van der Waals surface area contributed by atoms with Crippen molar-refractivity contribution in [3.8, 4) is 0 Å². The standard InChI is InChI=1S/C20H25N/c1-16(2)19-14-20(15-21(19)3,17-10-6-4-7-11-17)18-12-8-5-9-13-18/h4-13,16,19H,14-15H2,1-3H3. The molecule has 1 heteroatoms. The molecule has 0 bridgehead atoms. The number of likely N-dealkylation sites (N-methyl/N-ethyl adjacent to an activating group) is 1. The lowest BCUT2D eigenvalue weighted by atomic mass is 9.72. The summed E-state index contributed by atoms with van der Waals surface area (Å²) in [6.45, 7) is 5.78. The molecular weight excluding hydrogens is 254 g/mol. The van der Waals surface area contributed by atoms with E-state index in [1.807, 2.05) is 0 Å². The van der Waals surface area contributed by atoms with E-state index >= 15 is 0 Å². The largest absolute Gasteiger partial charge is 0.302 e. The van der Waals surface area contributed by atoms with Gasteiger partial charge in [-0.15, -0.1) is 0 Å². The fourth-order valence-corrected chi connectivity index (χ4v) is 3.96. The van der Waals surface area contributed by atoms with Crippen molar-refractivity contribution in [1.82, 2.24) is 4.90 Å². The molecular formula is C20H25N. The highest BCUT2D eigenvalue weighted by atomic mass is 15.2. The van der Waals surface area contributed by atoms with Gasteiger partial charge in [0.2, 0.25) is 0 Å². The van der Waals surface area contributed by atoms with Crippen LogP contribution >= 0.6 is 0 Å². The van der Waals surface area contributed by atoms with Gasteiger partial charge in [-0.05, 0) is 30.5 Å². The van der Waals surface area contributed by atoms with Crippen molar-refractivity contribution in [3.63, 3.8) is 0 Å².